The summed E-state index contributed by atoms with van der Waals surface area (Å²) < 4.78 is 22.6. The van der Waals surface area contributed by atoms with Gasteiger partial charge in [-0.15, -0.1) is 0 Å². The van der Waals surface area contributed by atoms with Gasteiger partial charge in [0.05, 0.1) is 11.3 Å². The number of anilines is 1. The second kappa shape index (κ2) is 8.83. The largest absolute Gasteiger partial charge is 0.439 e. The molecule has 1 aromatic heterocycles. The maximum Gasteiger partial charge on any atom is 0.278 e. The number of ether oxygens (including phenoxy) is 1. The number of nitrogens with one attached hydrogen (secondary N) is 1. The van der Waals surface area contributed by atoms with Gasteiger partial charge in [-0.2, -0.15) is 0 Å². The van der Waals surface area contributed by atoms with E-state index in [1.54, 1.807) is 24.3 Å². The van der Waals surface area contributed by atoms with Crippen molar-refractivity contribution in [3.05, 3.63) is 105 Å². The van der Waals surface area contributed by atoms with Crippen LogP contribution in [0.15, 0.2) is 71.5 Å². The Kier molecular flexibility index (Phi) is 5.71. The number of carbonyl (C=O) groups is 1. The molecular weight excluding hydrogens is 457 g/mol. The van der Waals surface area contributed by atoms with Crippen molar-refractivity contribution in [1.82, 2.24) is 9.36 Å². The first kappa shape index (κ1) is 22.0. The molecule has 0 radical (unpaired) electrons. The number of benzene rings is 3. The maximum atomic E-state index is 13.6. The van der Waals surface area contributed by atoms with Crippen LogP contribution in [0.2, 0.25) is 5.02 Å². The molecule has 0 unspecified atom stereocenters. The van der Waals surface area contributed by atoms with Gasteiger partial charge in [-0.3, -0.25) is 9.59 Å². The van der Waals surface area contributed by atoms with Crippen LogP contribution in [0.4, 0.5) is 10.1 Å². The highest BCUT2D eigenvalue weighted by Crippen LogP contribution is 2.37. The summed E-state index contributed by atoms with van der Waals surface area (Å²) in [6.07, 6.45) is 1.19. The summed E-state index contributed by atoms with van der Waals surface area (Å²) in [5, 5.41) is 3.23. The molecule has 0 saturated heterocycles. The third-order valence-electron chi connectivity index (χ3n) is 5.77. The lowest BCUT2D eigenvalue weighted by Gasteiger charge is -2.20. The number of hydrogen-bond donors (Lipinski definition) is 1. The topological polar surface area (TPSA) is 65.3 Å². The molecular formula is C26H21ClFN3O3. The van der Waals surface area contributed by atoms with Gasteiger partial charge >= 0.3 is 0 Å². The summed E-state index contributed by atoms with van der Waals surface area (Å²) in [7, 11) is 0. The molecule has 172 valence electrons. The van der Waals surface area contributed by atoms with E-state index in [1.165, 1.54) is 27.6 Å². The Hall–Kier alpha value is -3.84. The fourth-order valence-corrected chi connectivity index (χ4v) is 4.29. The molecule has 5 rings (SSSR count). The zero-order chi connectivity index (χ0) is 23.8. The van der Waals surface area contributed by atoms with Crippen LogP contribution in [-0.2, 0) is 24.2 Å². The van der Waals surface area contributed by atoms with E-state index in [9.17, 15) is 14.0 Å². The minimum atomic E-state index is -0.456. The Morgan fingerprint density at radius 1 is 1.12 bits per heavy atom. The van der Waals surface area contributed by atoms with Crippen molar-refractivity contribution >= 4 is 23.2 Å². The second-order valence-corrected chi connectivity index (χ2v) is 8.50. The van der Waals surface area contributed by atoms with Crippen molar-refractivity contribution in [3.8, 4) is 17.3 Å². The second-order valence-electron chi connectivity index (χ2n) is 8.07. The highest BCUT2D eigenvalue weighted by Gasteiger charge is 2.29. The monoisotopic (exact) mass is 477 g/mol. The van der Waals surface area contributed by atoms with Gasteiger partial charge < -0.3 is 10.1 Å². The Morgan fingerprint density at radius 3 is 2.65 bits per heavy atom. The molecule has 0 bridgehead atoms. The van der Waals surface area contributed by atoms with Crippen LogP contribution in [0, 0.1) is 5.82 Å². The normalized spacial score (nSPS) is 12.0. The molecule has 4 aromatic rings. The number of fused-ring (bicyclic) bond motifs is 2. The lowest BCUT2D eigenvalue weighted by atomic mass is 10.0. The number of rotatable bonds is 5. The maximum absolute atomic E-state index is 13.6. The zero-order valence-electron chi connectivity index (χ0n) is 18.3. The van der Waals surface area contributed by atoms with Gasteiger partial charge in [0.25, 0.3) is 5.56 Å². The summed E-state index contributed by atoms with van der Waals surface area (Å²) in [4.78, 5) is 26.4. The summed E-state index contributed by atoms with van der Waals surface area (Å²) in [5.41, 5.74) is 3.03. The molecule has 8 heteroatoms. The fraction of sp³-hybridized carbons (Fsp3) is 0.154. The van der Waals surface area contributed by atoms with E-state index in [2.05, 4.69) is 12.2 Å². The first-order valence-corrected chi connectivity index (χ1v) is 11.3. The van der Waals surface area contributed by atoms with Crippen LogP contribution < -0.4 is 15.6 Å². The van der Waals surface area contributed by atoms with E-state index >= 15 is 0 Å². The van der Waals surface area contributed by atoms with Gasteiger partial charge in [-0.05, 0) is 60.5 Å². The third kappa shape index (κ3) is 4.10. The highest BCUT2D eigenvalue weighted by atomic mass is 35.5. The van der Waals surface area contributed by atoms with Crippen molar-refractivity contribution < 1.29 is 13.9 Å². The number of aryl methyl sites for hydroxylation is 1. The van der Waals surface area contributed by atoms with Gasteiger partial charge in [-0.1, -0.05) is 36.7 Å². The molecule has 2 heterocycles. The minimum Gasteiger partial charge on any atom is -0.439 e. The Balaban J connectivity index is 1.58. The molecule has 1 aliphatic heterocycles. The smallest absolute Gasteiger partial charge is 0.278 e. The number of nitrogens with zero attached hydrogens (tertiary/aromatic N) is 2. The molecule has 0 spiro atoms. The van der Waals surface area contributed by atoms with Crippen LogP contribution in [0.25, 0.3) is 5.69 Å². The molecule has 0 fully saturated rings. The van der Waals surface area contributed by atoms with Gasteiger partial charge in [-0.25, -0.2) is 13.8 Å². The van der Waals surface area contributed by atoms with E-state index in [0.717, 1.165) is 17.5 Å². The predicted molar refractivity (Wildman–Crippen MR) is 129 cm³/mol. The van der Waals surface area contributed by atoms with E-state index in [4.69, 9.17) is 16.3 Å². The Labute approximate surface area is 200 Å². The highest BCUT2D eigenvalue weighted by molar-refractivity contribution is 6.30. The number of aromatic nitrogens is 2. The van der Waals surface area contributed by atoms with E-state index in [-0.39, 0.29) is 12.1 Å². The van der Waals surface area contributed by atoms with Crippen LogP contribution in [0.5, 0.6) is 11.6 Å². The average Bonchev–Trinajstić information content (AvgIpc) is 3.08. The first-order chi connectivity index (χ1) is 16.4. The van der Waals surface area contributed by atoms with Crippen molar-refractivity contribution in [2.75, 3.05) is 5.32 Å². The van der Waals surface area contributed by atoms with Crippen molar-refractivity contribution in [2.45, 2.75) is 26.3 Å². The number of carbonyl (C=O) groups excluding carboxylic acids is 1. The van der Waals surface area contributed by atoms with E-state index in [1.807, 2.05) is 24.3 Å². The van der Waals surface area contributed by atoms with Crippen LogP contribution in [0.3, 0.4) is 0 Å². The molecule has 1 amide bonds. The average molecular weight is 478 g/mol. The third-order valence-corrected chi connectivity index (χ3v) is 6.01. The van der Waals surface area contributed by atoms with Crippen LogP contribution in [-0.4, -0.2) is 15.3 Å². The molecule has 0 saturated carbocycles. The summed E-state index contributed by atoms with van der Waals surface area (Å²) in [6.45, 7) is 1.84. The molecule has 1 aliphatic rings. The molecule has 6 nitrogen and oxygen atoms in total. The molecule has 1 N–H and O–H groups in total. The van der Waals surface area contributed by atoms with Gasteiger partial charge in [0.15, 0.2) is 0 Å². The van der Waals surface area contributed by atoms with Crippen molar-refractivity contribution in [1.29, 1.82) is 0 Å². The first-order valence-electron chi connectivity index (χ1n) is 10.9. The lowest BCUT2D eigenvalue weighted by Crippen LogP contribution is -2.27. The fourth-order valence-electron chi connectivity index (χ4n) is 4.10. The quantitative estimate of drug-likeness (QED) is 0.372. The Bertz CT molecular complexity index is 1460. The number of hydrogen-bond acceptors (Lipinski definition) is 3. The Morgan fingerprint density at radius 2 is 1.91 bits per heavy atom. The molecule has 0 aliphatic carbocycles. The van der Waals surface area contributed by atoms with Gasteiger partial charge in [0, 0.05) is 22.7 Å². The summed E-state index contributed by atoms with van der Waals surface area (Å²) in [6, 6.07) is 18.4. The van der Waals surface area contributed by atoms with Gasteiger partial charge in [0.2, 0.25) is 11.8 Å². The van der Waals surface area contributed by atoms with Crippen molar-refractivity contribution in [3.63, 3.8) is 0 Å². The van der Waals surface area contributed by atoms with Crippen LogP contribution >= 0.6 is 11.6 Å². The molecule has 3 aromatic carbocycles. The molecule has 0 atom stereocenters. The van der Waals surface area contributed by atoms with Crippen LogP contribution in [0.1, 0.15) is 23.6 Å². The van der Waals surface area contributed by atoms with E-state index < -0.39 is 11.7 Å². The predicted octanol–water partition coefficient (Wildman–Crippen LogP) is 5.33. The standard InChI is InChI=1S/C26H21ClFN3O3/c1-2-16-6-9-21(10-7-16)31-25(33)22-13-17-12-18(27)8-11-23(17)34-26(22)30(31)15-24(32)29-20-5-3-4-19(28)14-20/h3-12,14H,2,13,15H2,1H3,(H,29,32). The minimum absolute atomic E-state index is 0.209. The SMILES string of the molecule is CCc1ccc(-n2c(=O)c3c(n2CC(=O)Nc2cccc(F)c2)Oc2ccc(Cl)cc2C3)cc1. The summed E-state index contributed by atoms with van der Waals surface area (Å²) in [5.74, 6) is -0.000972. The lowest BCUT2D eigenvalue weighted by molar-refractivity contribution is -0.117. The van der Waals surface area contributed by atoms with Crippen molar-refractivity contribution in [2.24, 2.45) is 0 Å². The number of halogens is 2. The zero-order valence-corrected chi connectivity index (χ0v) is 19.1. The van der Waals surface area contributed by atoms with Gasteiger partial charge in [0.1, 0.15) is 18.1 Å². The number of amides is 1. The summed E-state index contributed by atoms with van der Waals surface area (Å²) >= 11 is 6.14. The molecule has 34 heavy (non-hydrogen) atoms. The van der Waals surface area contributed by atoms with E-state index in [0.29, 0.717) is 40.0 Å².